The Balaban J connectivity index is 1.67. The summed E-state index contributed by atoms with van der Waals surface area (Å²) in [6.45, 7) is 7.24. The van der Waals surface area contributed by atoms with Gasteiger partial charge in [0.25, 0.3) is 0 Å². The molecule has 0 saturated heterocycles. The molecule has 0 aliphatic heterocycles. The second kappa shape index (κ2) is 17.1. The number of azo groups is 1. The summed E-state index contributed by atoms with van der Waals surface area (Å²) in [6, 6.07) is 12.4. The fourth-order valence-corrected chi connectivity index (χ4v) is 3.27. The van der Waals surface area contributed by atoms with E-state index in [1.54, 1.807) is 18.2 Å². The monoisotopic (exact) mass is 482 g/mol. The summed E-state index contributed by atoms with van der Waals surface area (Å²) >= 11 is 0. The van der Waals surface area contributed by atoms with Gasteiger partial charge in [0, 0.05) is 12.1 Å². The van der Waals surface area contributed by atoms with Gasteiger partial charge in [-0.05, 0) is 68.5 Å². The van der Waals surface area contributed by atoms with Crippen molar-refractivity contribution in [3.63, 3.8) is 0 Å². The normalized spacial score (nSPS) is 10.9. The van der Waals surface area contributed by atoms with Crippen molar-refractivity contribution in [1.29, 1.82) is 0 Å². The lowest BCUT2D eigenvalue weighted by Gasteiger charge is -2.08. The number of hydrogen-bond donors (Lipinski definition) is 1. The molecule has 0 aliphatic rings. The van der Waals surface area contributed by atoms with E-state index in [0.717, 1.165) is 44.5 Å². The Labute approximate surface area is 208 Å². The molecule has 2 aromatic rings. The Morgan fingerprint density at radius 1 is 0.829 bits per heavy atom. The van der Waals surface area contributed by atoms with Crippen molar-refractivity contribution in [2.45, 2.75) is 64.7 Å². The third-order valence-corrected chi connectivity index (χ3v) is 5.29. The Hall–Kier alpha value is -3.35. The molecule has 0 spiro atoms. The summed E-state index contributed by atoms with van der Waals surface area (Å²) in [5.41, 5.74) is 1.05. The van der Waals surface area contributed by atoms with Gasteiger partial charge in [-0.15, -0.1) is 5.11 Å². The van der Waals surface area contributed by atoms with Gasteiger partial charge in [-0.25, -0.2) is 4.79 Å². The average molecular weight is 483 g/mol. The Morgan fingerprint density at radius 3 is 2.06 bits per heavy atom. The molecule has 35 heavy (non-hydrogen) atoms. The number of rotatable bonds is 18. The molecule has 7 heteroatoms. The highest BCUT2D eigenvalue weighted by Gasteiger charge is 2.04. The first kappa shape index (κ1) is 27.9. The lowest BCUT2D eigenvalue weighted by molar-refractivity contribution is -0.137. The predicted molar refractivity (Wildman–Crippen MR) is 138 cm³/mol. The van der Waals surface area contributed by atoms with Gasteiger partial charge in [0.05, 0.1) is 25.5 Å². The van der Waals surface area contributed by atoms with E-state index in [1.165, 1.54) is 31.8 Å². The molecule has 190 valence electrons. The molecule has 7 nitrogen and oxygen atoms in total. The molecule has 0 heterocycles. The molecule has 2 rings (SSSR count). The molecular formula is C28H38N2O5. The van der Waals surface area contributed by atoms with Gasteiger partial charge in [-0.3, -0.25) is 0 Å². The van der Waals surface area contributed by atoms with Crippen molar-refractivity contribution in [2.24, 2.45) is 10.2 Å². The van der Waals surface area contributed by atoms with Crippen LogP contribution in [0.5, 0.6) is 17.2 Å². The van der Waals surface area contributed by atoms with E-state index in [9.17, 15) is 9.90 Å². The maximum atomic E-state index is 10.9. The molecule has 0 amide bonds. The average Bonchev–Trinajstić information content (AvgIpc) is 2.87. The van der Waals surface area contributed by atoms with Gasteiger partial charge in [0.1, 0.15) is 22.9 Å². The predicted octanol–water partition coefficient (Wildman–Crippen LogP) is 7.83. The Morgan fingerprint density at radius 2 is 1.43 bits per heavy atom. The van der Waals surface area contributed by atoms with Crippen LogP contribution >= 0.6 is 0 Å². The zero-order chi connectivity index (χ0) is 25.1. The molecule has 0 fully saturated rings. The number of nitrogens with zero attached hydrogens (tertiary/aromatic N) is 2. The Bertz CT molecular complexity index is 912. The van der Waals surface area contributed by atoms with Crippen molar-refractivity contribution >= 4 is 17.3 Å². The fraction of sp³-hybridized carbons (Fsp3) is 0.464. The molecule has 0 aromatic heterocycles. The van der Waals surface area contributed by atoms with Gasteiger partial charge in [-0.2, -0.15) is 5.11 Å². The van der Waals surface area contributed by atoms with Crippen LogP contribution in [0.2, 0.25) is 0 Å². The van der Waals surface area contributed by atoms with Gasteiger partial charge >= 0.3 is 5.97 Å². The number of unbranched alkanes of at least 4 members (excludes halogenated alkanes) is 7. The number of aromatic hydroxyl groups is 1. The highest BCUT2D eigenvalue weighted by Crippen LogP contribution is 2.32. The van der Waals surface area contributed by atoms with Crippen LogP contribution in [0.25, 0.3) is 0 Å². The van der Waals surface area contributed by atoms with Gasteiger partial charge in [-0.1, -0.05) is 39.2 Å². The first-order chi connectivity index (χ1) is 17.1. The number of ether oxygens (including phenoxy) is 3. The van der Waals surface area contributed by atoms with Gasteiger partial charge < -0.3 is 19.3 Å². The van der Waals surface area contributed by atoms with Crippen LogP contribution in [0.4, 0.5) is 11.4 Å². The van der Waals surface area contributed by atoms with E-state index in [2.05, 4.69) is 23.7 Å². The zero-order valence-electron chi connectivity index (χ0n) is 20.8. The summed E-state index contributed by atoms with van der Waals surface area (Å²) in [4.78, 5) is 10.9. The third-order valence-electron chi connectivity index (χ3n) is 5.29. The molecule has 1 N–H and O–H groups in total. The third kappa shape index (κ3) is 12.1. The maximum absolute atomic E-state index is 10.9. The van der Waals surface area contributed by atoms with Crippen molar-refractivity contribution in [1.82, 2.24) is 0 Å². The second-order valence-electron chi connectivity index (χ2n) is 8.24. The molecule has 0 radical (unpaired) electrons. The van der Waals surface area contributed by atoms with Crippen LogP contribution in [0.1, 0.15) is 64.7 Å². The maximum Gasteiger partial charge on any atom is 0.330 e. The van der Waals surface area contributed by atoms with Gasteiger partial charge in [0.15, 0.2) is 0 Å². The molecule has 2 aromatic carbocycles. The van der Waals surface area contributed by atoms with Crippen molar-refractivity contribution in [3.05, 3.63) is 55.1 Å². The van der Waals surface area contributed by atoms with E-state index >= 15 is 0 Å². The van der Waals surface area contributed by atoms with E-state index in [1.807, 2.05) is 24.3 Å². The van der Waals surface area contributed by atoms with Crippen molar-refractivity contribution < 1.29 is 24.1 Å². The van der Waals surface area contributed by atoms with Crippen molar-refractivity contribution in [2.75, 3.05) is 19.8 Å². The SMILES string of the molecule is C=CC(=O)OCCCCCCOc1ccc(N=Nc2ccc(OCCCCCCC)cc2)c(O)c1. The smallest absolute Gasteiger partial charge is 0.330 e. The van der Waals surface area contributed by atoms with E-state index < -0.39 is 0 Å². The number of phenols is 1. The van der Waals surface area contributed by atoms with Crippen LogP contribution in [0.3, 0.4) is 0 Å². The first-order valence-corrected chi connectivity index (χ1v) is 12.5. The standard InChI is InChI=1S/C28H38N2O5/c1-3-5-6-7-10-19-33-24-15-13-23(14-16-24)29-30-26-18-17-25(22-27(26)31)34-20-11-8-9-12-21-35-28(32)4-2/h4,13-18,22,31H,2-3,5-12,19-21H2,1H3. The number of phenolic OH excluding ortho intramolecular Hbond substituents is 1. The molecule has 0 unspecified atom stereocenters. The minimum Gasteiger partial charge on any atom is -0.505 e. The second-order valence-corrected chi connectivity index (χ2v) is 8.24. The summed E-state index contributed by atoms with van der Waals surface area (Å²) in [5, 5.41) is 18.6. The van der Waals surface area contributed by atoms with Crippen LogP contribution < -0.4 is 9.47 Å². The number of esters is 1. The lowest BCUT2D eigenvalue weighted by atomic mass is 10.2. The summed E-state index contributed by atoms with van der Waals surface area (Å²) in [7, 11) is 0. The zero-order valence-corrected chi connectivity index (χ0v) is 20.8. The van der Waals surface area contributed by atoms with E-state index in [4.69, 9.17) is 14.2 Å². The van der Waals surface area contributed by atoms with Crippen LogP contribution in [0.15, 0.2) is 65.3 Å². The van der Waals surface area contributed by atoms with Crippen molar-refractivity contribution in [3.8, 4) is 17.2 Å². The molecule has 0 atom stereocenters. The van der Waals surface area contributed by atoms with E-state index in [-0.39, 0.29) is 11.7 Å². The van der Waals surface area contributed by atoms with Gasteiger partial charge in [0.2, 0.25) is 0 Å². The number of hydrogen-bond acceptors (Lipinski definition) is 7. The molecule has 0 bridgehead atoms. The van der Waals surface area contributed by atoms with Crippen LogP contribution in [0, 0.1) is 0 Å². The minimum atomic E-state index is -0.387. The van der Waals surface area contributed by atoms with Crippen LogP contribution in [-0.4, -0.2) is 30.9 Å². The van der Waals surface area contributed by atoms with Crippen LogP contribution in [-0.2, 0) is 9.53 Å². The fourth-order valence-electron chi connectivity index (χ4n) is 3.27. The minimum absolute atomic E-state index is 0.0123. The summed E-state index contributed by atoms with van der Waals surface area (Å²) in [5.74, 6) is 1.03. The molecule has 0 saturated carbocycles. The molecule has 0 aliphatic carbocycles. The highest BCUT2D eigenvalue weighted by molar-refractivity contribution is 5.81. The van der Waals surface area contributed by atoms with E-state index in [0.29, 0.717) is 30.3 Å². The topological polar surface area (TPSA) is 89.7 Å². The number of carbonyl (C=O) groups excluding carboxylic acids is 1. The summed E-state index contributed by atoms with van der Waals surface area (Å²) in [6.07, 6.45) is 10.8. The molecular weight excluding hydrogens is 444 g/mol. The lowest BCUT2D eigenvalue weighted by Crippen LogP contribution is -2.02. The largest absolute Gasteiger partial charge is 0.505 e. The Kier molecular flexibility index (Phi) is 13.7. The first-order valence-electron chi connectivity index (χ1n) is 12.5. The summed E-state index contributed by atoms with van der Waals surface area (Å²) < 4.78 is 16.4. The quantitative estimate of drug-likeness (QED) is 0.101. The number of benzene rings is 2. The number of carbonyl (C=O) groups is 1. The highest BCUT2D eigenvalue weighted by atomic mass is 16.5.